The maximum atomic E-state index is 10.5. The Bertz CT molecular complexity index is 630. The molecular weight excluding hydrogens is 603 g/mol. The van der Waals surface area contributed by atoms with E-state index in [2.05, 4.69) is 66.8 Å². The Morgan fingerprint density at radius 3 is 0.957 bits per heavy atom. The average molecular weight is 693 g/mol. The lowest BCUT2D eigenvalue weighted by Crippen LogP contribution is -2.39. The Hall–Kier alpha value is 0.0300. The summed E-state index contributed by atoms with van der Waals surface area (Å²) in [5.74, 6) is 1.30. The minimum Gasteiger partial charge on any atom is -0.325 e. The molecular formula is C40H89N2O4P. The van der Waals surface area contributed by atoms with E-state index in [0.29, 0.717) is 11.8 Å². The number of nitrogens with two attached hydrogens (primary N) is 2. The third-order valence-corrected chi connectivity index (χ3v) is 10.3. The molecule has 0 bridgehead atoms. The van der Waals surface area contributed by atoms with Gasteiger partial charge in [-0.05, 0) is 58.8 Å². The third kappa shape index (κ3) is 46.0. The molecule has 0 aromatic rings. The Balaban J connectivity index is -0.000000680. The van der Waals surface area contributed by atoms with Gasteiger partial charge in [-0.25, -0.2) is 4.57 Å². The molecule has 0 saturated carbocycles. The SMILES string of the molecule is CCCCCCC(C)C(C)(C)N.CCCCCCC(C)C(C)(C)N.CCCCCCCCCCCCCCCCCCOP(=O)(O)O. The summed E-state index contributed by atoms with van der Waals surface area (Å²) in [5, 5.41) is 0. The van der Waals surface area contributed by atoms with Crippen LogP contribution in [0.25, 0.3) is 0 Å². The molecule has 0 heterocycles. The van der Waals surface area contributed by atoms with E-state index in [-0.39, 0.29) is 17.7 Å². The number of unbranched alkanes of at least 4 members (excludes halogenated alkanes) is 21. The fourth-order valence-corrected chi connectivity index (χ4v) is 5.70. The number of hydrogen-bond acceptors (Lipinski definition) is 4. The van der Waals surface area contributed by atoms with E-state index < -0.39 is 7.82 Å². The van der Waals surface area contributed by atoms with Crippen molar-refractivity contribution in [2.24, 2.45) is 23.3 Å². The number of rotatable bonds is 30. The number of hydrogen-bond donors (Lipinski definition) is 4. The topological polar surface area (TPSA) is 119 Å². The predicted molar refractivity (Wildman–Crippen MR) is 210 cm³/mol. The van der Waals surface area contributed by atoms with Crippen molar-refractivity contribution in [3.8, 4) is 0 Å². The summed E-state index contributed by atoms with van der Waals surface area (Å²) in [6.45, 7) is 19.9. The molecule has 2 atom stereocenters. The average Bonchev–Trinajstić information content (AvgIpc) is 2.98. The Labute approximate surface area is 296 Å². The highest BCUT2D eigenvalue weighted by molar-refractivity contribution is 7.46. The van der Waals surface area contributed by atoms with Crippen molar-refractivity contribution in [3.63, 3.8) is 0 Å². The molecule has 0 spiro atoms. The van der Waals surface area contributed by atoms with Gasteiger partial charge in [-0.3, -0.25) is 4.52 Å². The smallest absolute Gasteiger partial charge is 0.325 e. The summed E-state index contributed by atoms with van der Waals surface area (Å²) in [6, 6.07) is 0. The molecule has 2 unspecified atom stereocenters. The highest BCUT2D eigenvalue weighted by Crippen LogP contribution is 2.35. The quantitative estimate of drug-likeness (QED) is 0.0439. The van der Waals surface area contributed by atoms with Crippen LogP contribution < -0.4 is 11.5 Å². The molecule has 6 N–H and O–H groups in total. The van der Waals surface area contributed by atoms with Crippen LogP contribution in [0.3, 0.4) is 0 Å². The lowest BCUT2D eigenvalue weighted by molar-refractivity contribution is 0.193. The maximum Gasteiger partial charge on any atom is 0.469 e. The fraction of sp³-hybridized carbons (Fsp3) is 1.00. The van der Waals surface area contributed by atoms with Gasteiger partial charge in [0.1, 0.15) is 0 Å². The third-order valence-electron chi connectivity index (χ3n) is 9.78. The minimum absolute atomic E-state index is 0.00617. The fourth-order valence-electron chi connectivity index (χ4n) is 5.33. The lowest BCUT2D eigenvalue weighted by atomic mass is 9.86. The summed E-state index contributed by atoms with van der Waals surface area (Å²) < 4.78 is 14.9. The molecule has 7 heteroatoms. The predicted octanol–water partition coefficient (Wildman–Crippen LogP) is 13.0. The van der Waals surface area contributed by atoms with Crippen LogP contribution in [0.4, 0.5) is 0 Å². The molecule has 0 rings (SSSR count). The van der Waals surface area contributed by atoms with E-state index in [1.54, 1.807) is 0 Å². The lowest BCUT2D eigenvalue weighted by Gasteiger charge is -2.27. The second-order valence-corrected chi connectivity index (χ2v) is 17.0. The van der Waals surface area contributed by atoms with E-state index in [1.807, 2.05) is 0 Å². The van der Waals surface area contributed by atoms with Gasteiger partial charge in [-0.1, -0.05) is 182 Å². The van der Waals surface area contributed by atoms with Crippen molar-refractivity contribution in [2.75, 3.05) is 6.61 Å². The standard InChI is InChI=1S/C18H39O4P.2C11H25N/c1-2-3-4-5-6-7-8-9-10-11-12-13-14-15-16-17-18-22-23(19,20)21;2*1-5-6-7-8-9-10(2)11(3,4)12/h2-18H2,1H3,(H2,19,20,21);2*10H,5-9,12H2,1-4H3. The van der Waals surface area contributed by atoms with E-state index in [1.165, 1.54) is 148 Å². The normalized spacial score (nSPS) is 13.4. The van der Waals surface area contributed by atoms with Crippen LogP contribution >= 0.6 is 7.82 Å². The van der Waals surface area contributed by atoms with Crippen molar-refractivity contribution in [3.05, 3.63) is 0 Å². The van der Waals surface area contributed by atoms with E-state index >= 15 is 0 Å². The molecule has 0 fully saturated rings. The molecule has 6 nitrogen and oxygen atoms in total. The zero-order valence-electron chi connectivity index (χ0n) is 33.6. The van der Waals surface area contributed by atoms with Gasteiger partial charge in [-0.2, -0.15) is 0 Å². The van der Waals surface area contributed by atoms with E-state index in [9.17, 15) is 4.57 Å². The highest BCUT2D eigenvalue weighted by atomic mass is 31.2. The van der Waals surface area contributed by atoms with Crippen LogP contribution in [0, 0.1) is 11.8 Å². The van der Waals surface area contributed by atoms with Crippen LogP contribution in [0.2, 0.25) is 0 Å². The number of phosphoric ester groups is 1. The van der Waals surface area contributed by atoms with Gasteiger partial charge in [0, 0.05) is 11.1 Å². The first-order valence-corrected chi connectivity index (χ1v) is 21.8. The molecule has 0 aliphatic rings. The van der Waals surface area contributed by atoms with Crippen LogP contribution in [0.1, 0.15) is 229 Å². The number of phosphoric acid groups is 1. The Kier molecular flexibility index (Phi) is 37.7. The zero-order chi connectivity index (χ0) is 36.5. The summed E-state index contributed by atoms with van der Waals surface area (Å²) in [7, 11) is -4.26. The molecule has 0 aliphatic carbocycles. The van der Waals surface area contributed by atoms with Crippen molar-refractivity contribution in [1.29, 1.82) is 0 Å². The monoisotopic (exact) mass is 693 g/mol. The van der Waals surface area contributed by atoms with Crippen LogP contribution in [0.5, 0.6) is 0 Å². The Morgan fingerprint density at radius 1 is 0.489 bits per heavy atom. The highest BCUT2D eigenvalue weighted by Gasteiger charge is 2.20. The van der Waals surface area contributed by atoms with Crippen molar-refractivity contribution < 1.29 is 18.9 Å². The maximum absolute atomic E-state index is 10.5. The summed E-state index contributed by atoms with van der Waals surface area (Å²) in [5.41, 5.74) is 12.0. The summed E-state index contributed by atoms with van der Waals surface area (Å²) >= 11 is 0. The van der Waals surface area contributed by atoms with Gasteiger partial charge in [0.25, 0.3) is 0 Å². The van der Waals surface area contributed by atoms with Gasteiger partial charge in [0.15, 0.2) is 0 Å². The molecule has 0 aliphatic heterocycles. The molecule has 47 heavy (non-hydrogen) atoms. The summed E-state index contributed by atoms with van der Waals surface area (Å²) in [6.07, 6.45) is 34.1. The van der Waals surface area contributed by atoms with Crippen molar-refractivity contribution in [2.45, 2.75) is 240 Å². The second-order valence-electron chi connectivity index (χ2n) is 15.8. The zero-order valence-corrected chi connectivity index (χ0v) is 34.5. The largest absolute Gasteiger partial charge is 0.469 e. The first-order chi connectivity index (χ1) is 22.0. The Morgan fingerprint density at radius 2 is 0.723 bits per heavy atom. The first-order valence-electron chi connectivity index (χ1n) is 20.3. The van der Waals surface area contributed by atoms with E-state index in [0.717, 1.165) is 19.3 Å². The molecule has 0 aromatic carbocycles. The molecule has 0 radical (unpaired) electrons. The van der Waals surface area contributed by atoms with Crippen LogP contribution in [0.15, 0.2) is 0 Å². The first kappa shape index (κ1) is 51.4. The van der Waals surface area contributed by atoms with Gasteiger partial charge in [0.2, 0.25) is 0 Å². The van der Waals surface area contributed by atoms with Crippen molar-refractivity contribution in [1.82, 2.24) is 0 Å². The molecule has 0 saturated heterocycles. The molecule has 288 valence electrons. The second kappa shape index (κ2) is 34.5. The minimum atomic E-state index is -4.26. The van der Waals surface area contributed by atoms with E-state index in [4.69, 9.17) is 21.3 Å². The molecule has 0 aromatic heterocycles. The molecule has 0 amide bonds. The van der Waals surface area contributed by atoms with Crippen molar-refractivity contribution >= 4 is 7.82 Å². The van der Waals surface area contributed by atoms with Gasteiger partial charge in [0.05, 0.1) is 6.61 Å². The van der Waals surface area contributed by atoms with Gasteiger partial charge in [-0.15, -0.1) is 0 Å². The van der Waals surface area contributed by atoms with Crippen LogP contribution in [-0.2, 0) is 9.09 Å². The van der Waals surface area contributed by atoms with Gasteiger partial charge < -0.3 is 21.3 Å². The summed E-state index contributed by atoms with van der Waals surface area (Å²) in [4.78, 5) is 17.1. The van der Waals surface area contributed by atoms with Gasteiger partial charge >= 0.3 is 7.82 Å². The van der Waals surface area contributed by atoms with Crippen LogP contribution in [-0.4, -0.2) is 27.5 Å².